The van der Waals surface area contributed by atoms with Crippen LogP contribution in [-0.2, 0) is 6.54 Å². The predicted octanol–water partition coefficient (Wildman–Crippen LogP) is 0.672. The van der Waals surface area contributed by atoms with E-state index in [1.807, 2.05) is 6.07 Å². The van der Waals surface area contributed by atoms with Crippen LogP contribution in [0.3, 0.4) is 0 Å². The molecule has 0 saturated carbocycles. The quantitative estimate of drug-likeness (QED) is 0.590. The Morgan fingerprint density at radius 2 is 2.41 bits per heavy atom. The second-order valence-electron chi connectivity index (χ2n) is 3.24. The number of hydrogen-bond donors (Lipinski definition) is 0. The molecule has 0 unspecified atom stereocenters. The van der Waals surface area contributed by atoms with Gasteiger partial charge in [-0.3, -0.25) is 9.36 Å². The molecule has 0 spiro atoms. The van der Waals surface area contributed by atoms with Crippen molar-refractivity contribution in [2.75, 3.05) is 0 Å². The molecule has 0 saturated heterocycles. The Kier molecular flexibility index (Phi) is 3.32. The Labute approximate surface area is 108 Å². The first-order chi connectivity index (χ1) is 8.13. The van der Waals surface area contributed by atoms with Crippen molar-refractivity contribution >= 4 is 36.2 Å². The predicted molar refractivity (Wildman–Crippen MR) is 67.0 cm³/mol. The van der Waals surface area contributed by atoms with E-state index < -0.39 is 5.56 Å². The third-order valence-corrected chi connectivity index (χ3v) is 3.40. The van der Waals surface area contributed by atoms with Gasteiger partial charge in [-0.2, -0.15) is 5.26 Å². The number of nitriles is 1. The number of aromatic nitrogens is 2. The molecule has 0 aliphatic rings. The maximum absolute atomic E-state index is 11.8. The number of rotatable bonds is 2. The van der Waals surface area contributed by atoms with E-state index in [0.717, 1.165) is 4.88 Å². The topological polar surface area (TPSA) is 58.7 Å². The summed E-state index contributed by atoms with van der Waals surface area (Å²) < 4.78 is 1.24. The van der Waals surface area contributed by atoms with Crippen LogP contribution in [0.15, 0.2) is 22.4 Å². The highest BCUT2D eigenvalue weighted by atomic mass is 35.5. The Bertz CT molecular complexity index is 658. The van der Waals surface area contributed by atoms with Gasteiger partial charge in [-0.15, -0.1) is 11.3 Å². The van der Waals surface area contributed by atoms with Gasteiger partial charge in [0.2, 0.25) is 10.8 Å². The molecule has 2 aromatic heterocycles. The maximum Gasteiger partial charge on any atom is 0.247 e. The van der Waals surface area contributed by atoms with Crippen molar-refractivity contribution in [1.82, 2.24) is 9.55 Å². The van der Waals surface area contributed by atoms with Gasteiger partial charge in [0.1, 0.15) is 13.9 Å². The smallest absolute Gasteiger partial charge is 0.247 e. The molecule has 0 aliphatic carbocycles. The van der Waals surface area contributed by atoms with Crippen LogP contribution < -0.4 is 11.0 Å². The van der Waals surface area contributed by atoms with Crippen molar-refractivity contribution in [2.45, 2.75) is 6.54 Å². The minimum atomic E-state index is -0.401. The Morgan fingerprint density at radius 3 is 3.12 bits per heavy atom. The van der Waals surface area contributed by atoms with Gasteiger partial charge in [-0.1, -0.05) is 0 Å². The molecule has 0 aliphatic heterocycles. The van der Waals surface area contributed by atoms with Gasteiger partial charge in [0.25, 0.3) is 0 Å². The first-order valence-corrected chi connectivity index (χ1v) is 5.86. The Morgan fingerprint density at radius 1 is 1.65 bits per heavy atom. The molecule has 2 heterocycles. The van der Waals surface area contributed by atoms with Crippen molar-refractivity contribution in [3.05, 3.63) is 43.7 Å². The van der Waals surface area contributed by atoms with E-state index in [0.29, 0.717) is 5.56 Å². The van der Waals surface area contributed by atoms with E-state index in [-0.39, 0.29) is 17.3 Å². The van der Waals surface area contributed by atoms with Crippen LogP contribution in [0.2, 0.25) is 5.28 Å². The van der Waals surface area contributed by atoms with Gasteiger partial charge in [0.05, 0.1) is 12.1 Å². The molecular weight excluding hydrogens is 256 g/mol. The molecule has 0 bridgehead atoms. The standard InChI is InChI=1S/C10H5BClN3OS/c11-7-4-14-10(12)15(9(7)16)5-8-6(3-13)1-2-17-8/h1-2,4H,5H2. The summed E-state index contributed by atoms with van der Waals surface area (Å²) in [6.07, 6.45) is 1.22. The van der Waals surface area contributed by atoms with Crippen molar-refractivity contribution in [3.63, 3.8) is 0 Å². The second-order valence-corrected chi connectivity index (χ2v) is 4.58. The highest BCUT2D eigenvalue weighted by Crippen LogP contribution is 2.17. The van der Waals surface area contributed by atoms with Gasteiger partial charge < -0.3 is 0 Å². The summed E-state index contributed by atoms with van der Waals surface area (Å²) in [4.78, 5) is 16.3. The first-order valence-electron chi connectivity index (χ1n) is 4.60. The second kappa shape index (κ2) is 4.74. The van der Waals surface area contributed by atoms with Crippen LogP contribution in [0, 0.1) is 11.3 Å². The summed E-state index contributed by atoms with van der Waals surface area (Å²) in [5.41, 5.74) is 0.159. The van der Waals surface area contributed by atoms with Crippen LogP contribution in [0.5, 0.6) is 0 Å². The number of nitrogens with zero attached hydrogens (tertiary/aromatic N) is 3. The van der Waals surface area contributed by atoms with Crippen molar-refractivity contribution in [1.29, 1.82) is 5.26 Å². The van der Waals surface area contributed by atoms with E-state index in [9.17, 15) is 4.79 Å². The summed E-state index contributed by atoms with van der Waals surface area (Å²) >= 11 is 7.21. The molecule has 0 fully saturated rings. The SMILES string of the molecule is [B]c1cnc(Cl)n(Cc2sccc2C#N)c1=O. The Balaban J connectivity index is 2.48. The van der Waals surface area contributed by atoms with Gasteiger partial charge in [0.15, 0.2) is 0 Å². The lowest BCUT2D eigenvalue weighted by molar-refractivity contribution is 0.752. The molecule has 17 heavy (non-hydrogen) atoms. The summed E-state index contributed by atoms with van der Waals surface area (Å²) in [5, 5.41) is 10.7. The summed E-state index contributed by atoms with van der Waals surface area (Å²) in [5.74, 6) is 0. The normalized spacial score (nSPS) is 10.1. The molecule has 7 heteroatoms. The lowest BCUT2D eigenvalue weighted by Crippen LogP contribution is -2.35. The molecule has 2 aromatic rings. The lowest BCUT2D eigenvalue weighted by Gasteiger charge is -2.07. The molecular formula is C10H5BClN3OS. The average Bonchev–Trinajstić information content (AvgIpc) is 2.77. The molecule has 0 N–H and O–H groups in total. The summed E-state index contributed by atoms with van der Waals surface area (Å²) in [7, 11) is 5.47. The molecule has 0 aromatic carbocycles. The minimum Gasteiger partial charge on any atom is -0.278 e. The van der Waals surface area contributed by atoms with Gasteiger partial charge in [-0.05, 0) is 28.5 Å². The fourth-order valence-corrected chi connectivity index (χ4v) is 2.33. The lowest BCUT2D eigenvalue weighted by atomic mass is 10.0. The highest BCUT2D eigenvalue weighted by molar-refractivity contribution is 7.10. The van der Waals surface area contributed by atoms with Crippen LogP contribution in [0.25, 0.3) is 0 Å². The fourth-order valence-electron chi connectivity index (χ4n) is 1.33. The maximum atomic E-state index is 11.8. The zero-order chi connectivity index (χ0) is 12.4. The molecule has 2 radical (unpaired) electrons. The van der Waals surface area contributed by atoms with Crippen molar-refractivity contribution in [2.24, 2.45) is 0 Å². The first kappa shape index (κ1) is 11.9. The fraction of sp³-hybridized carbons (Fsp3) is 0.100. The van der Waals surface area contributed by atoms with E-state index in [4.69, 9.17) is 24.7 Å². The van der Waals surface area contributed by atoms with E-state index in [2.05, 4.69) is 4.98 Å². The van der Waals surface area contributed by atoms with Gasteiger partial charge in [-0.25, -0.2) is 4.98 Å². The summed E-state index contributed by atoms with van der Waals surface area (Å²) in [6.45, 7) is 0.205. The van der Waals surface area contributed by atoms with Crippen molar-refractivity contribution in [3.8, 4) is 6.07 Å². The van der Waals surface area contributed by atoms with Crippen molar-refractivity contribution < 1.29 is 0 Å². The third-order valence-electron chi connectivity index (χ3n) is 2.19. The third kappa shape index (κ3) is 2.26. The van der Waals surface area contributed by atoms with Crippen LogP contribution >= 0.6 is 22.9 Å². The van der Waals surface area contributed by atoms with E-state index in [1.54, 1.807) is 11.4 Å². The van der Waals surface area contributed by atoms with E-state index in [1.165, 1.54) is 22.1 Å². The monoisotopic (exact) mass is 261 g/mol. The van der Waals surface area contributed by atoms with Crippen LogP contribution in [0.4, 0.5) is 0 Å². The minimum absolute atomic E-state index is 0.0319. The molecule has 2 rings (SSSR count). The average molecular weight is 262 g/mol. The molecule has 0 amide bonds. The molecule has 4 nitrogen and oxygen atoms in total. The number of thiophene rings is 1. The highest BCUT2D eigenvalue weighted by Gasteiger charge is 2.10. The number of halogens is 1. The number of hydrogen-bond acceptors (Lipinski definition) is 4. The zero-order valence-electron chi connectivity index (χ0n) is 8.55. The largest absolute Gasteiger partial charge is 0.278 e. The summed E-state index contributed by atoms with van der Waals surface area (Å²) in [6, 6.07) is 3.74. The molecule has 82 valence electrons. The van der Waals surface area contributed by atoms with Crippen LogP contribution in [0.1, 0.15) is 10.4 Å². The van der Waals surface area contributed by atoms with Gasteiger partial charge >= 0.3 is 0 Å². The van der Waals surface area contributed by atoms with Gasteiger partial charge in [0, 0.05) is 11.1 Å². The zero-order valence-corrected chi connectivity index (χ0v) is 10.1. The van der Waals surface area contributed by atoms with E-state index >= 15 is 0 Å². The Hall–Kier alpha value is -1.58. The van der Waals surface area contributed by atoms with Crippen LogP contribution in [-0.4, -0.2) is 17.4 Å². The molecule has 0 atom stereocenters.